The summed E-state index contributed by atoms with van der Waals surface area (Å²) in [6.07, 6.45) is 2.66. The highest BCUT2D eigenvalue weighted by Crippen LogP contribution is 2.26. The predicted octanol–water partition coefficient (Wildman–Crippen LogP) is 3.05. The second kappa shape index (κ2) is 8.10. The van der Waals surface area contributed by atoms with Crippen LogP contribution in [0.5, 0.6) is 0 Å². The zero-order valence-corrected chi connectivity index (χ0v) is 17.6. The fraction of sp³-hybridized carbons (Fsp3) is 0.381. The zero-order valence-electron chi connectivity index (χ0n) is 17.6. The third-order valence-corrected chi connectivity index (χ3v) is 5.02. The van der Waals surface area contributed by atoms with Crippen LogP contribution in [0.4, 0.5) is 0 Å². The molecule has 0 bridgehead atoms. The van der Waals surface area contributed by atoms with E-state index in [1.807, 2.05) is 48.5 Å². The molecule has 0 atom stereocenters. The molecule has 0 aromatic carbocycles. The minimum Gasteiger partial charge on any atom is -0.352 e. The molecule has 0 saturated heterocycles. The number of amides is 1. The summed E-state index contributed by atoms with van der Waals surface area (Å²) in [6.45, 7) is 9.86. The van der Waals surface area contributed by atoms with Gasteiger partial charge in [-0.1, -0.05) is 5.16 Å². The summed E-state index contributed by atoms with van der Waals surface area (Å²) in [7, 11) is 0. The number of fused-ring (bicyclic) bond motifs is 1. The van der Waals surface area contributed by atoms with Gasteiger partial charge in [0, 0.05) is 31.5 Å². The first-order chi connectivity index (χ1) is 14.5. The van der Waals surface area contributed by atoms with E-state index in [9.17, 15) is 4.79 Å². The highest BCUT2D eigenvalue weighted by atomic mass is 16.5. The molecule has 4 rings (SSSR count). The van der Waals surface area contributed by atoms with Gasteiger partial charge in [-0.3, -0.25) is 14.2 Å². The molecule has 0 saturated carbocycles. The SMILES string of the molecule is CCn1ccc(-c2cc(C(=O)NCCCn3nc(C)cc3C)c3c(C)noc3n2)n1. The Bertz CT molecular complexity index is 1200. The molecule has 1 amide bonds. The summed E-state index contributed by atoms with van der Waals surface area (Å²) >= 11 is 0. The van der Waals surface area contributed by atoms with Crippen molar-refractivity contribution in [3.63, 3.8) is 0 Å². The highest BCUT2D eigenvalue weighted by molar-refractivity contribution is 6.06. The molecule has 9 heteroatoms. The first-order valence-electron chi connectivity index (χ1n) is 10.1. The van der Waals surface area contributed by atoms with E-state index in [2.05, 4.69) is 25.7 Å². The van der Waals surface area contributed by atoms with Crippen molar-refractivity contribution in [1.29, 1.82) is 0 Å². The van der Waals surface area contributed by atoms with E-state index >= 15 is 0 Å². The van der Waals surface area contributed by atoms with Crippen LogP contribution in [-0.2, 0) is 13.1 Å². The fourth-order valence-electron chi connectivity index (χ4n) is 3.51. The first-order valence-corrected chi connectivity index (χ1v) is 10.1. The fourth-order valence-corrected chi connectivity index (χ4v) is 3.51. The minimum absolute atomic E-state index is 0.182. The van der Waals surface area contributed by atoms with E-state index in [-0.39, 0.29) is 5.91 Å². The van der Waals surface area contributed by atoms with E-state index < -0.39 is 0 Å². The van der Waals surface area contributed by atoms with Crippen molar-refractivity contribution in [2.45, 2.75) is 47.2 Å². The Labute approximate surface area is 174 Å². The molecule has 30 heavy (non-hydrogen) atoms. The lowest BCUT2D eigenvalue weighted by molar-refractivity contribution is 0.0954. The number of hydrogen-bond donors (Lipinski definition) is 1. The molecular formula is C21H25N7O2. The molecule has 0 unspecified atom stereocenters. The van der Waals surface area contributed by atoms with Crippen LogP contribution in [0, 0.1) is 20.8 Å². The Balaban J connectivity index is 1.53. The molecule has 156 valence electrons. The average molecular weight is 407 g/mol. The van der Waals surface area contributed by atoms with Gasteiger partial charge in [0.25, 0.3) is 11.6 Å². The number of rotatable bonds is 7. The van der Waals surface area contributed by atoms with Crippen molar-refractivity contribution in [2.75, 3.05) is 6.54 Å². The summed E-state index contributed by atoms with van der Waals surface area (Å²) in [4.78, 5) is 17.5. The number of nitrogens with one attached hydrogen (secondary N) is 1. The lowest BCUT2D eigenvalue weighted by Gasteiger charge is -2.08. The average Bonchev–Trinajstić information content (AvgIpc) is 3.43. The maximum Gasteiger partial charge on any atom is 0.259 e. The Morgan fingerprint density at radius 1 is 1.17 bits per heavy atom. The number of aryl methyl sites for hydroxylation is 5. The van der Waals surface area contributed by atoms with Crippen molar-refractivity contribution < 1.29 is 9.32 Å². The lowest BCUT2D eigenvalue weighted by atomic mass is 10.1. The quantitative estimate of drug-likeness (QED) is 0.472. The van der Waals surface area contributed by atoms with Crippen molar-refractivity contribution in [2.24, 2.45) is 0 Å². The first kappa shape index (κ1) is 19.8. The van der Waals surface area contributed by atoms with Gasteiger partial charge in [0.1, 0.15) is 5.69 Å². The number of pyridine rings is 1. The van der Waals surface area contributed by atoms with Gasteiger partial charge in [0.2, 0.25) is 0 Å². The molecule has 0 aliphatic carbocycles. The van der Waals surface area contributed by atoms with Crippen LogP contribution in [0.2, 0.25) is 0 Å². The van der Waals surface area contributed by atoms with Crippen molar-refractivity contribution in [3.05, 3.63) is 47.0 Å². The maximum atomic E-state index is 13.0. The van der Waals surface area contributed by atoms with Crippen LogP contribution in [0.3, 0.4) is 0 Å². The molecule has 1 N–H and O–H groups in total. The van der Waals surface area contributed by atoms with Gasteiger partial charge in [-0.25, -0.2) is 4.98 Å². The van der Waals surface area contributed by atoms with Crippen molar-refractivity contribution in [3.8, 4) is 11.4 Å². The second-order valence-corrected chi connectivity index (χ2v) is 7.32. The Kier molecular flexibility index (Phi) is 5.35. The molecule has 0 spiro atoms. The summed E-state index contributed by atoms with van der Waals surface area (Å²) in [6, 6.07) is 5.67. The van der Waals surface area contributed by atoms with Gasteiger partial charge in [0.05, 0.1) is 28.0 Å². The van der Waals surface area contributed by atoms with Gasteiger partial charge >= 0.3 is 0 Å². The largest absolute Gasteiger partial charge is 0.352 e. The van der Waals surface area contributed by atoms with Crippen LogP contribution in [-0.4, -0.2) is 42.2 Å². The van der Waals surface area contributed by atoms with E-state index in [0.29, 0.717) is 40.3 Å². The molecule has 0 fully saturated rings. The molecule has 4 aromatic heterocycles. The summed E-state index contributed by atoms with van der Waals surface area (Å²) in [5.41, 5.74) is 4.85. The zero-order chi connectivity index (χ0) is 21.3. The van der Waals surface area contributed by atoms with Crippen LogP contribution in [0.15, 0.2) is 28.9 Å². The normalized spacial score (nSPS) is 11.3. The third kappa shape index (κ3) is 3.83. The number of hydrogen-bond acceptors (Lipinski definition) is 6. The molecule has 0 aliphatic heterocycles. The van der Waals surface area contributed by atoms with E-state index in [1.165, 1.54) is 0 Å². The van der Waals surface area contributed by atoms with Gasteiger partial charge in [-0.2, -0.15) is 10.2 Å². The van der Waals surface area contributed by atoms with Crippen molar-refractivity contribution in [1.82, 2.24) is 35.0 Å². The van der Waals surface area contributed by atoms with Gasteiger partial charge in [-0.15, -0.1) is 0 Å². The molecule has 4 aromatic rings. The summed E-state index contributed by atoms with van der Waals surface area (Å²) in [5.74, 6) is -0.182. The topological polar surface area (TPSA) is 104 Å². The van der Waals surface area contributed by atoms with Crippen molar-refractivity contribution >= 4 is 17.0 Å². The molecule has 0 aliphatic rings. The standard InChI is InChI=1S/C21H25N7O2/c1-5-27-10-7-17(25-27)18-12-16(19-15(4)26-30-21(19)23-18)20(29)22-8-6-9-28-14(3)11-13(2)24-28/h7,10-12H,5-6,8-9H2,1-4H3,(H,22,29). The van der Waals surface area contributed by atoms with Crippen LogP contribution >= 0.6 is 0 Å². The van der Waals surface area contributed by atoms with E-state index in [0.717, 1.165) is 30.9 Å². The Morgan fingerprint density at radius 3 is 2.70 bits per heavy atom. The highest BCUT2D eigenvalue weighted by Gasteiger charge is 2.20. The maximum absolute atomic E-state index is 13.0. The van der Waals surface area contributed by atoms with E-state index in [4.69, 9.17) is 4.52 Å². The number of nitrogens with zero attached hydrogens (tertiary/aromatic N) is 6. The predicted molar refractivity (Wildman–Crippen MR) is 112 cm³/mol. The number of carbonyl (C=O) groups is 1. The third-order valence-electron chi connectivity index (χ3n) is 5.02. The van der Waals surface area contributed by atoms with Crippen LogP contribution in [0.25, 0.3) is 22.5 Å². The molecule has 9 nitrogen and oxygen atoms in total. The second-order valence-electron chi connectivity index (χ2n) is 7.32. The summed E-state index contributed by atoms with van der Waals surface area (Å²) < 4.78 is 9.11. The molecular weight excluding hydrogens is 382 g/mol. The van der Waals surface area contributed by atoms with E-state index in [1.54, 1.807) is 13.0 Å². The number of aromatic nitrogens is 6. The smallest absolute Gasteiger partial charge is 0.259 e. The Morgan fingerprint density at radius 2 is 2.00 bits per heavy atom. The summed E-state index contributed by atoms with van der Waals surface area (Å²) in [5, 5.41) is 16.5. The van der Waals surface area contributed by atoms with Crippen LogP contribution in [0.1, 0.15) is 40.8 Å². The van der Waals surface area contributed by atoms with Gasteiger partial charge in [0.15, 0.2) is 0 Å². The molecule has 4 heterocycles. The monoisotopic (exact) mass is 407 g/mol. The number of carbonyl (C=O) groups excluding carboxylic acids is 1. The lowest BCUT2D eigenvalue weighted by Crippen LogP contribution is -2.26. The van der Waals surface area contributed by atoms with Gasteiger partial charge in [-0.05, 0) is 52.3 Å². The van der Waals surface area contributed by atoms with Crippen LogP contribution < -0.4 is 5.32 Å². The molecule has 0 radical (unpaired) electrons. The minimum atomic E-state index is -0.182. The van der Waals surface area contributed by atoms with Gasteiger partial charge < -0.3 is 9.84 Å². The Hall–Kier alpha value is -3.49.